The third-order valence-electron chi connectivity index (χ3n) is 8.89. The molecule has 0 spiro atoms. The summed E-state index contributed by atoms with van der Waals surface area (Å²) in [5.41, 5.74) is -7.51. The molecule has 27 heteroatoms. The van der Waals surface area contributed by atoms with Gasteiger partial charge in [-0.15, -0.1) is 4.91 Å². The number of hydrogen-bond donors (Lipinski definition) is 0. The Hall–Kier alpha value is -7.64. The van der Waals surface area contributed by atoms with Crippen molar-refractivity contribution in [1.82, 2.24) is 42.8 Å². The Bertz CT molecular complexity index is 2920. The van der Waals surface area contributed by atoms with Gasteiger partial charge < -0.3 is 18.6 Å². The fourth-order valence-electron chi connectivity index (χ4n) is 5.84. The summed E-state index contributed by atoms with van der Waals surface area (Å²) in [5, 5.41) is 29.8. The summed E-state index contributed by atoms with van der Waals surface area (Å²) in [6.45, 7) is -2.73. The van der Waals surface area contributed by atoms with Crippen LogP contribution in [0.4, 0.5) is 26.3 Å². The van der Waals surface area contributed by atoms with Gasteiger partial charge in [0.2, 0.25) is 11.5 Å². The lowest BCUT2D eigenvalue weighted by Gasteiger charge is -2.15. The summed E-state index contributed by atoms with van der Waals surface area (Å²) in [5.74, 6) is -3.48. The largest absolute Gasteiger partial charge is 0.451 e. The van der Waals surface area contributed by atoms with E-state index >= 15 is 0 Å². The molecule has 0 saturated heterocycles. The van der Waals surface area contributed by atoms with Gasteiger partial charge in [0.15, 0.2) is 11.6 Å². The molecule has 6 aromatic rings. The number of alkyl halides is 6. The van der Waals surface area contributed by atoms with Crippen molar-refractivity contribution < 1.29 is 35.8 Å². The van der Waals surface area contributed by atoms with Crippen LogP contribution >= 0.6 is 23.2 Å². The van der Waals surface area contributed by atoms with Crippen LogP contribution < -0.4 is 32.0 Å². The van der Waals surface area contributed by atoms with Crippen LogP contribution in [-0.4, -0.2) is 42.8 Å². The molecular formula is C36H24Cl2F6N12O7. The molecule has 4 aromatic heterocycles. The molecule has 0 N–H and O–H groups in total. The van der Waals surface area contributed by atoms with E-state index in [0.717, 1.165) is 54.9 Å². The van der Waals surface area contributed by atoms with E-state index in [1.807, 2.05) is 0 Å². The lowest BCUT2D eigenvalue weighted by atomic mass is 10.2. The van der Waals surface area contributed by atoms with E-state index in [9.17, 15) is 61.0 Å². The van der Waals surface area contributed by atoms with Gasteiger partial charge >= 0.3 is 23.7 Å². The highest BCUT2D eigenvalue weighted by Crippen LogP contribution is 2.38. The predicted molar refractivity (Wildman–Crippen MR) is 205 cm³/mol. The molecule has 19 nitrogen and oxygen atoms in total. The van der Waals surface area contributed by atoms with Gasteiger partial charge in [-0.3, -0.25) is 18.7 Å². The highest BCUT2D eigenvalue weighted by Gasteiger charge is 2.38. The molecule has 0 amide bonds. The van der Waals surface area contributed by atoms with Crippen LogP contribution in [0.5, 0.6) is 23.0 Å². The topological polar surface area (TPSA) is 222 Å². The second kappa shape index (κ2) is 17.4. The Balaban J connectivity index is 1.24. The molecule has 0 bridgehead atoms. The van der Waals surface area contributed by atoms with Crippen molar-refractivity contribution in [2.45, 2.75) is 38.8 Å². The normalized spacial score (nSPS) is 11.6. The van der Waals surface area contributed by atoms with E-state index in [-0.39, 0.29) is 44.3 Å². The van der Waals surface area contributed by atoms with Gasteiger partial charge in [0.1, 0.15) is 36.0 Å². The number of aromatic nitrogens is 8. The van der Waals surface area contributed by atoms with Crippen molar-refractivity contribution in [3.63, 3.8) is 0 Å². The summed E-state index contributed by atoms with van der Waals surface area (Å²) in [4.78, 5) is 65.1. The van der Waals surface area contributed by atoms with Gasteiger partial charge in [-0.1, -0.05) is 23.2 Å². The Kier molecular flexibility index (Phi) is 12.4. The first-order chi connectivity index (χ1) is 29.6. The third-order valence-corrected chi connectivity index (χ3v) is 9.33. The molecule has 63 heavy (non-hydrogen) atoms. The van der Waals surface area contributed by atoms with Gasteiger partial charge in [0.05, 0.1) is 41.6 Å². The predicted octanol–water partition coefficient (Wildman–Crippen LogP) is 5.17. The molecular weight excluding hydrogens is 897 g/mol. The zero-order valence-corrected chi connectivity index (χ0v) is 33.4. The SMILES string of the molecule is Cn1c(Cn2ccc(C(F)(F)F)c(Oc3cc(Cl)cc(C#N)c3)c2=O)nn(CN(Cn2nc(Cn3ccc(C(F)(F)F)c(Oc4cc(Cl)cc(C#N)c4)c3=O)n(C)c2=O)N=O)c1=O. The average Bonchev–Trinajstić information content (AvgIpc) is 3.62. The van der Waals surface area contributed by atoms with Crippen LogP contribution in [0.25, 0.3) is 0 Å². The Morgan fingerprint density at radius 1 is 0.683 bits per heavy atom. The number of halogens is 8. The molecule has 6 rings (SSSR count). The molecule has 2 aromatic carbocycles. The Morgan fingerprint density at radius 2 is 1.06 bits per heavy atom. The second-order valence-electron chi connectivity index (χ2n) is 13.1. The van der Waals surface area contributed by atoms with Gasteiger partial charge in [0.25, 0.3) is 11.1 Å². The van der Waals surface area contributed by atoms with Crippen molar-refractivity contribution in [3.05, 3.63) is 151 Å². The first-order valence-corrected chi connectivity index (χ1v) is 18.1. The molecule has 0 fully saturated rings. The standard InChI is InChI=1S/C36H24Cl2F6N12O7/c1-50-27(15-52-5-3-25(35(39,40)41)29(31(52)57)62-23-9-19(13-45)7-21(37)11-23)47-55(33(50)59)17-54(49-61)18-56-34(60)51(2)28(48-56)16-53-6-4-26(36(42,43)44)30(32(53)58)63-24-10-20(14-46)8-22(38)12-24/h3-12H,15-18H2,1-2H3. The summed E-state index contributed by atoms with van der Waals surface area (Å²) in [7, 11) is 2.41. The van der Waals surface area contributed by atoms with Crippen LogP contribution in [0.15, 0.2) is 85.4 Å². The zero-order valence-electron chi connectivity index (χ0n) is 31.8. The van der Waals surface area contributed by atoms with Gasteiger partial charge in [-0.25, -0.2) is 14.6 Å². The lowest BCUT2D eigenvalue weighted by molar-refractivity contribution is -0.139. The second-order valence-corrected chi connectivity index (χ2v) is 14.0. The van der Waals surface area contributed by atoms with E-state index in [4.69, 9.17) is 32.7 Å². The van der Waals surface area contributed by atoms with Crippen LogP contribution in [0, 0.1) is 27.6 Å². The zero-order chi connectivity index (χ0) is 46.1. The third kappa shape index (κ3) is 9.64. The monoisotopic (exact) mass is 920 g/mol. The lowest BCUT2D eigenvalue weighted by Crippen LogP contribution is -2.35. The Morgan fingerprint density at radius 3 is 1.40 bits per heavy atom. The van der Waals surface area contributed by atoms with Crippen molar-refractivity contribution in [3.8, 4) is 35.1 Å². The minimum atomic E-state index is -5.07. The van der Waals surface area contributed by atoms with Crippen LogP contribution in [0.2, 0.25) is 10.0 Å². The van der Waals surface area contributed by atoms with Crippen molar-refractivity contribution in [1.29, 1.82) is 10.5 Å². The van der Waals surface area contributed by atoms with E-state index in [1.165, 1.54) is 26.2 Å². The number of hydrogen-bond acceptors (Lipinski definition) is 12. The van der Waals surface area contributed by atoms with E-state index in [2.05, 4.69) is 15.5 Å². The molecule has 0 aliphatic rings. The Labute approximate surface area is 356 Å². The summed E-state index contributed by atoms with van der Waals surface area (Å²) in [6, 6.07) is 11.3. The first kappa shape index (κ1) is 44.9. The van der Waals surface area contributed by atoms with Gasteiger partial charge in [-0.05, 0) is 48.5 Å². The molecule has 0 unspecified atom stereocenters. The van der Waals surface area contributed by atoms with Crippen LogP contribution in [0.1, 0.15) is 33.9 Å². The maximum atomic E-state index is 14.0. The smallest absolute Gasteiger partial charge is 0.420 e. The van der Waals surface area contributed by atoms with Crippen molar-refractivity contribution in [2.75, 3.05) is 0 Å². The summed E-state index contributed by atoms with van der Waals surface area (Å²) >= 11 is 11.9. The fourth-order valence-corrected chi connectivity index (χ4v) is 6.29. The number of nitroso groups, excluding NO2 is 1. The molecule has 4 heterocycles. The molecule has 0 atom stereocenters. The number of benzene rings is 2. The highest BCUT2D eigenvalue weighted by molar-refractivity contribution is 6.31. The average molecular weight is 922 g/mol. The van der Waals surface area contributed by atoms with Crippen molar-refractivity contribution in [2.24, 2.45) is 19.4 Å². The first-order valence-electron chi connectivity index (χ1n) is 17.3. The molecule has 326 valence electrons. The number of nitriles is 2. The summed E-state index contributed by atoms with van der Waals surface area (Å²) in [6.07, 6.45) is -8.58. The van der Waals surface area contributed by atoms with Crippen LogP contribution in [-0.2, 0) is 52.9 Å². The number of rotatable bonds is 13. The van der Waals surface area contributed by atoms with Gasteiger partial charge in [0, 0.05) is 36.5 Å². The number of ether oxygens (including phenoxy) is 2. The quantitative estimate of drug-likeness (QED) is 0.0832. The summed E-state index contributed by atoms with van der Waals surface area (Å²) < 4.78 is 99.1. The van der Waals surface area contributed by atoms with Gasteiger partial charge in [-0.2, -0.15) is 56.4 Å². The van der Waals surface area contributed by atoms with E-state index in [0.29, 0.717) is 26.5 Å². The molecule has 0 aliphatic carbocycles. The van der Waals surface area contributed by atoms with Crippen LogP contribution in [0.3, 0.4) is 0 Å². The number of pyridine rings is 2. The minimum absolute atomic E-state index is 0.0649. The molecule has 0 aliphatic heterocycles. The van der Waals surface area contributed by atoms with E-state index in [1.54, 1.807) is 12.1 Å². The highest BCUT2D eigenvalue weighted by atomic mass is 35.5. The fraction of sp³-hybridized carbons (Fsp3) is 0.222. The maximum absolute atomic E-state index is 14.0. The minimum Gasteiger partial charge on any atom is -0.451 e. The molecule has 0 saturated carbocycles. The van der Waals surface area contributed by atoms with E-state index < -0.39 is 83.9 Å². The maximum Gasteiger partial charge on any atom is 0.420 e. The molecule has 0 radical (unpaired) electrons. The number of nitrogens with zero attached hydrogens (tertiary/aromatic N) is 12. The van der Waals surface area contributed by atoms with Crippen molar-refractivity contribution >= 4 is 23.2 Å².